The lowest BCUT2D eigenvalue weighted by molar-refractivity contribution is 0.160. The Morgan fingerprint density at radius 1 is 1.31 bits per heavy atom. The molecule has 0 fully saturated rings. The molecule has 1 rings (SSSR count). The zero-order valence-corrected chi connectivity index (χ0v) is 8.95. The van der Waals surface area contributed by atoms with Crippen LogP contribution in [0.4, 0.5) is 8.78 Å². The lowest BCUT2D eigenvalue weighted by Gasteiger charge is -2.15. The van der Waals surface area contributed by atoms with Gasteiger partial charge in [-0.1, -0.05) is 6.07 Å². The molecular formula is C11H15F2NO2. The van der Waals surface area contributed by atoms with E-state index >= 15 is 0 Å². The van der Waals surface area contributed by atoms with Crippen LogP contribution in [0.3, 0.4) is 0 Å². The van der Waals surface area contributed by atoms with Gasteiger partial charge in [-0.3, -0.25) is 0 Å². The number of aliphatic hydroxyl groups is 2. The fourth-order valence-corrected chi connectivity index (χ4v) is 1.21. The van der Waals surface area contributed by atoms with E-state index in [-0.39, 0.29) is 19.2 Å². The molecule has 0 spiro atoms. The van der Waals surface area contributed by atoms with E-state index in [9.17, 15) is 13.9 Å². The van der Waals surface area contributed by atoms with Crippen molar-refractivity contribution in [2.24, 2.45) is 0 Å². The molecule has 0 aliphatic carbocycles. The van der Waals surface area contributed by atoms with Crippen LogP contribution in [0.2, 0.25) is 0 Å². The van der Waals surface area contributed by atoms with Gasteiger partial charge in [-0.15, -0.1) is 0 Å². The summed E-state index contributed by atoms with van der Waals surface area (Å²) in [5.41, 5.74) is 0.302. The monoisotopic (exact) mass is 231 g/mol. The lowest BCUT2D eigenvalue weighted by atomic mass is 10.1. The minimum atomic E-state index is -0.980. The van der Waals surface area contributed by atoms with Crippen molar-refractivity contribution in [3.63, 3.8) is 0 Å². The molecule has 0 aromatic heterocycles. The Hall–Kier alpha value is -1.04. The molecule has 0 amide bonds. The van der Waals surface area contributed by atoms with Gasteiger partial charge >= 0.3 is 0 Å². The Morgan fingerprint density at radius 3 is 2.56 bits per heavy atom. The molecule has 1 aromatic rings. The zero-order chi connectivity index (χ0) is 12.1. The molecule has 2 atom stereocenters. The zero-order valence-electron chi connectivity index (χ0n) is 8.95. The summed E-state index contributed by atoms with van der Waals surface area (Å²) in [7, 11) is 0. The van der Waals surface area contributed by atoms with Crippen LogP contribution in [0, 0.1) is 11.6 Å². The molecule has 0 saturated heterocycles. The van der Waals surface area contributed by atoms with E-state index in [4.69, 9.17) is 5.11 Å². The van der Waals surface area contributed by atoms with Crippen LogP contribution in [0.1, 0.15) is 18.6 Å². The van der Waals surface area contributed by atoms with Gasteiger partial charge in [0.2, 0.25) is 0 Å². The molecule has 0 radical (unpaired) electrons. The summed E-state index contributed by atoms with van der Waals surface area (Å²) in [4.78, 5) is 0. The van der Waals surface area contributed by atoms with Gasteiger partial charge in [-0.05, 0) is 24.6 Å². The van der Waals surface area contributed by atoms with Crippen molar-refractivity contribution in [1.29, 1.82) is 0 Å². The summed E-state index contributed by atoms with van der Waals surface area (Å²) in [6.07, 6.45) is -0.927. The highest BCUT2D eigenvalue weighted by molar-refractivity contribution is 5.20. The Labute approximate surface area is 92.7 Å². The second-order valence-electron chi connectivity index (χ2n) is 3.68. The SMILES string of the molecule is CC(CO)NCC(O)c1ccc(F)c(F)c1. The standard InChI is InChI=1S/C11H15F2NO2/c1-7(6-15)14-5-11(16)8-2-3-9(12)10(13)4-8/h2-4,7,11,14-16H,5-6H2,1H3. The molecule has 0 aliphatic rings. The van der Waals surface area contributed by atoms with Gasteiger partial charge in [0, 0.05) is 12.6 Å². The number of nitrogens with one attached hydrogen (secondary N) is 1. The molecular weight excluding hydrogens is 216 g/mol. The van der Waals surface area contributed by atoms with Gasteiger partial charge in [0.25, 0.3) is 0 Å². The van der Waals surface area contributed by atoms with Gasteiger partial charge in [0.05, 0.1) is 12.7 Å². The number of hydrogen-bond acceptors (Lipinski definition) is 3. The molecule has 0 bridgehead atoms. The quantitative estimate of drug-likeness (QED) is 0.707. The van der Waals surface area contributed by atoms with Crippen molar-refractivity contribution in [3.05, 3.63) is 35.4 Å². The number of rotatable bonds is 5. The maximum atomic E-state index is 12.9. The molecule has 2 unspecified atom stereocenters. The smallest absolute Gasteiger partial charge is 0.159 e. The topological polar surface area (TPSA) is 52.5 Å². The highest BCUT2D eigenvalue weighted by Crippen LogP contribution is 2.15. The van der Waals surface area contributed by atoms with Gasteiger partial charge in [-0.25, -0.2) is 8.78 Å². The average Bonchev–Trinajstić information content (AvgIpc) is 2.29. The largest absolute Gasteiger partial charge is 0.395 e. The normalized spacial score (nSPS) is 14.8. The lowest BCUT2D eigenvalue weighted by Crippen LogP contribution is -2.32. The molecule has 1 aromatic carbocycles. The number of hydrogen-bond donors (Lipinski definition) is 3. The molecule has 3 N–H and O–H groups in total. The molecule has 3 nitrogen and oxygen atoms in total. The van der Waals surface area contributed by atoms with Crippen LogP contribution in [0.5, 0.6) is 0 Å². The number of benzene rings is 1. The highest BCUT2D eigenvalue weighted by Gasteiger charge is 2.11. The van der Waals surface area contributed by atoms with Crippen molar-refractivity contribution < 1.29 is 19.0 Å². The Kier molecular flexibility index (Phi) is 4.79. The minimum absolute atomic E-state index is 0.0511. The van der Waals surface area contributed by atoms with Gasteiger partial charge < -0.3 is 15.5 Å². The average molecular weight is 231 g/mol. The first kappa shape index (κ1) is 13.0. The van der Waals surface area contributed by atoms with Crippen LogP contribution < -0.4 is 5.32 Å². The molecule has 5 heteroatoms. The third-order valence-electron chi connectivity index (χ3n) is 2.26. The predicted octanol–water partition coefficient (Wildman–Crippen LogP) is 0.969. The molecule has 0 saturated carbocycles. The summed E-state index contributed by atoms with van der Waals surface area (Å²) in [6.45, 7) is 1.87. The first-order valence-corrected chi connectivity index (χ1v) is 5.02. The van der Waals surface area contributed by atoms with Crippen LogP contribution in [0.25, 0.3) is 0 Å². The van der Waals surface area contributed by atoms with Crippen molar-refractivity contribution in [3.8, 4) is 0 Å². The Morgan fingerprint density at radius 2 is 2.00 bits per heavy atom. The summed E-state index contributed by atoms with van der Waals surface area (Å²) in [6, 6.07) is 3.11. The van der Waals surface area contributed by atoms with Crippen molar-refractivity contribution in [2.75, 3.05) is 13.2 Å². The van der Waals surface area contributed by atoms with E-state index in [1.54, 1.807) is 6.92 Å². The van der Waals surface area contributed by atoms with Gasteiger partial charge in [0.1, 0.15) is 0 Å². The van der Waals surface area contributed by atoms with Crippen molar-refractivity contribution >= 4 is 0 Å². The van der Waals surface area contributed by atoms with E-state index in [2.05, 4.69) is 5.32 Å². The minimum Gasteiger partial charge on any atom is -0.395 e. The molecule has 90 valence electrons. The van der Waals surface area contributed by atoms with E-state index in [1.807, 2.05) is 0 Å². The van der Waals surface area contributed by atoms with Crippen molar-refractivity contribution in [2.45, 2.75) is 19.1 Å². The molecule has 0 aliphatic heterocycles. The fraction of sp³-hybridized carbons (Fsp3) is 0.455. The van der Waals surface area contributed by atoms with Gasteiger partial charge in [0.15, 0.2) is 11.6 Å². The second-order valence-corrected chi connectivity index (χ2v) is 3.68. The van der Waals surface area contributed by atoms with Gasteiger partial charge in [-0.2, -0.15) is 0 Å². The van der Waals surface area contributed by atoms with Crippen LogP contribution >= 0.6 is 0 Å². The summed E-state index contributed by atoms with van der Waals surface area (Å²) in [5.74, 6) is -1.92. The summed E-state index contributed by atoms with van der Waals surface area (Å²) < 4.78 is 25.5. The first-order chi connectivity index (χ1) is 7.54. The third-order valence-corrected chi connectivity index (χ3v) is 2.26. The Bertz CT molecular complexity index is 347. The number of halogens is 2. The van der Waals surface area contributed by atoms with E-state index in [0.717, 1.165) is 12.1 Å². The maximum Gasteiger partial charge on any atom is 0.159 e. The van der Waals surface area contributed by atoms with E-state index in [0.29, 0.717) is 5.56 Å². The highest BCUT2D eigenvalue weighted by atomic mass is 19.2. The predicted molar refractivity (Wildman–Crippen MR) is 55.9 cm³/mol. The summed E-state index contributed by atoms with van der Waals surface area (Å²) >= 11 is 0. The van der Waals surface area contributed by atoms with Crippen LogP contribution in [-0.4, -0.2) is 29.4 Å². The van der Waals surface area contributed by atoms with E-state index < -0.39 is 17.7 Å². The summed E-state index contributed by atoms with van der Waals surface area (Å²) in [5, 5.41) is 21.2. The van der Waals surface area contributed by atoms with Crippen LogP contribution in [-0.2, 0) is 0 Å². The Balaban J connectivity index is 2.59. The first-order valence-electron chi connectivity index (χ1n) is 5.02. The van der Waals surface area contributed by atoms with Crippen molar-refractivity contribution in [1.82, 2.24) is 5.32 Å². The van der Waals surface area contributed by atoms with Crippen LogP contribution in [0.15, 0.2) is 18.2 Å². The maximum absolute atomic E-state index is 12.9. The molecule has 0 heterocycles. The van der Waals surface area contributed by atoms with E-state index in [1.165, 1.54) is 6.07 Å². The fourth-order valence-electron chi connectivity index (χ4n) is 1.21. The number of aliphatic hydroxyl groups excluding tert-OH is 2. The molecule has 16 heavy (non-hydrogen) atoms. The third kappa shape index (κ3) is 3.52. The second kappa shape index (κ2) is 5.89.